The number of hydrogen-bond donors (Lipinski definition) is 2. The first-order chi connectivity index (χ1) is 21.3. The first-order valence-electron chi connectivity index (χ1n) is 15.0. The van der Waals surface area contributed by atoms with Crippen LogP contribution in [0.15, 0.2) is 66.7 Å². The lowest BCUT2D eigenvalue weighted by atomic mass is 9.88. The summed E-state index contributed by atoms with van der Waals surface area (Å²) in [6, 6.07) is 21.8. The predicted octanol–water partition coefficient (Wildman–Crippen LogP) is 6.81. The molecule has 2 heterocycles. The number of rotatable bonds is 8. The van der Waals surface area contributed by atoms with Crippen LogP contribution in [0.25, 0.3) is 0 Å². The maximum absolute atomic E-state index is 10.7. The summed E-state index contributed by atoms with van der Waals surface area (Å²) in [5.41, 5.74) is 6.89. The molecule has 0 aliphatic carbocycles. The summed E-state index contributed by atoms with van der Waals surface area (Å²) < 4.78 is 22.6. The van der Waals surface area contributed by atoms with Crippen LogP contribution in [-0.2, 0) is 19.3 Å². The molecule has 0 fully saturated rings. The molecule has 4 aromatic rings. The topological polar surface area (TPSA) is 83.9 Å². The van der Waals surface area contributed by atoms with E-state index >= 15 is 0 Å². The number of aryl methyl sites for hydroxylation is 1. The Labute approximate surface area is 259 Å². The Morgan fingerprint density at radius 2 is 1.43 bits per heavy atom. The summed E-state index contributed by atoms with van der Waals surface area (Å²) in [6.45, 7) is 0.906. The van der Waals surface area contributed by atoms with Crippen LogP contribution in [0.5, 0.6) is 40.2 Å². The number of nitrogens with zero attached hydrogens (tertiary/aromatic N) is 2. The summed E-state index contributed by atoms with van der Waals surface area (Å²) in [5, 5.41) is 21.1. The van der Waals surface area contributed by atoms with Crippen LogP contribution < -0.4 is 23.8 Å². The Kier molecular flexibility index (Phi) is 8.19. The van der Waals surface area contributed by atoms with E-state index in [2.05, 4.69) is 48.2 Å². The monoisotopic (exact) mass is 596 g/mol. The van der Waals surface area contributed by atoms with Crippen molar-refractivity contribution in [1.82, 2.24) is 4.90 Å². The number of phenols is 2. The molecule has 8 nitrogen and oxygen atoms in total. The van der Waals surface area contributed by atoms with E-state index in [-0.39, 0.29) is 23.6 Å². The van der Waals surface area contributed by atoms with Crippen molar-refractivity contribution >= 4 is 5.69 Å². The van der Waals surface area contributed by atoms with Gasteiger partial charge in [0, 0.05) is 31.4 Å². The fourth-order valence-corrected chi connectivity index (χ4v) is 6.63. The average molecular weight is 597 g/mol. The number of methoxy groups -OCH3 is 3. The second-order valence-corrected chi connectivity index (χ2v) is 11.6. The van der Waals surface area contributed by atoms with Gasteiger partial charge in [-0.1, -0.05) is 18.2 Å². The van der Waals surface area contributed by atoms with Crippen LogP contribution in [0, 0.1) is 0 Å². The number of hydrogen-bond acceptors (Lipinski definition) is 8. The van der Waals surface area contributed by atoms with Crippen molar-refractivity contribution in [3.63, 3.8) is 0 Å². The van der Waals surface area contributed by atoms with Gasteiger partial charge in [-0.05, 0) is 103 Å². The lowest BCUT2D eigenvalue weighted by Crippen LogP contribution is -2.33. The summed E-state index contributed by atoms with van der Waals surface area (Å²) in [4.78, 5) is 4.59. The molecule has 8 heteroatoms. The van der Waals surface area contributed by atoms with E-state index in [1.807, 2.05) is 36.4 Å². The summed E-state index contributed by atoms with van der Waals surface area (Å²) in [5.74, 6) is 3.28. The Morgan fingerprint density at radius 3 is 2.16 bits per heavy atom. The Morgan fingerprint density at radius 1 is 0.727 bits per heavy atom. The molecule has 0 bridgehead atoms. The van der Waals surface area contributed by atoms with E-state index in [1.54, 1.807) is 27.4 Å². The minimum Gasteiger partial charge on any atom is -0.504 e. The first kappa shape index (κ1) is 29.5. The number of fused-ring (bicyclic) bond motifs is 2. The quantitative estimate of drug-likeness (QED) is 0.230. The summed E-state index contributed by atoms with van der Waals surface area (Å²) in [6.07, 6.45) is 3.52. The smallest absolute Gasteiger partial charge is 0.169 e. The number of aromatic hydroxyl groups is 2. The molecule has 4 aromatic carbocycles. The molecule has 44 heavy (non-hydrogen) atoms. The van der Waals surface area contributed by atoms with Gasteiger partial charge < -0.3 is 34.1 Å². The molecular formula is C36H40N2O6. The van der Waals surface area contributed by atoms with E-state index in [0.717, 1.165) is 54.1 Å². The van der Waals surface area contributed by atoms with E-state index in [9.17, 15) is 10.2 Å². The van der Waals surface area contributed by atoms with Gasteiger partial charge in [0.15, 0.2) is 34.5 Å². The molecule has 0 saturated carbocycles. The standard InChI is InChI=1S/C36H40N2O6/c1-37-15-14-24-18-33(41-3)32(40)20-27(24)30(37)16-22-6-13-31(39)34(17-22)44-26-10-7-23(8-11-26)28-12-9-25-19-35(42-4)36(43-5)21-29(25)38(28)2/h6-8,10-11,13,17-21,28,30,39-40H,9,12,14-16H2,1-5H3. The van der Waals surface area contributed by atoms with Gasteiger partial charge >= 0.3 is 0 Å². The van der Waals surface area contributed by atoms with Gasteiger partial charge in [0.1, 0.15) is 5.75 Å². The Hall–Kier alpha value is -4.56. The lowest BCUT2D eigenvalue weighted by Gasteiger charge is -2.37. The van der Waals surface area contributed by atoms with Gasteiger partial charge in [0.05, 0.1) is 27.4 Å². The number of phenolic OH excluding ortho intramolecular Hbond substituents is 2. The van der Waals surface area contributed by atoms with Gasteiger partial charge in [-0.25, -0.2) is 0 Å². The maximum atomic E-state index is 10.7. The third-order valence-corrected chi connectivity index (χ3v) is 9.13. The van der Waals surface area contributed by atoms with Gasteiger partial charge in [0.2, 0.25) is 0 Å². The second kappa shape index (κ2) is 12.2. The van der Waals surface area contributed by atoms with E-state index < -0.39 is 0 Å². The minimum atomic E-state index is 0.0749. The van der Waals surface area contributed by atoms with E-state index in [1.165, 1.54) is 16.7 Å². The van der Waals surface area contributed by atoms with Crippen molar-refractivity contribution in [3.8, 4) is 40.2 Å². The van der Waals surface area contributed by atoms with Crippen molar-refractivity contribution < 1.29 is 29.2 Å². The molecule has 2 atom stereocenters. The summed E-state index contributed by atoms with van der Waals surface area (Å²) >= 11 is 0. The Balaban J connectivity index is 1.18. The fraction of sp³-hybridized carbons (Fsp3) is 0.333. The van der Waals surface area contributed by atoms with Crippen molar-refractivity contribution in [2.45, 2.75) is 37.8 Å². The van der Waals surface area contributed by atoms with Gasteiger partial charge in [-0.3, -0.25) is 4.90 Å². The normalized spacial score (nSPS) is 17.9. The average Bonchev–Trinajstić information content (AvgIpc) is 3.04. The maximum Gasteiger partial charge on any atom is 0.169 e. The molecule has 6 rings (SSSR count). The lowest BCUT2D eigenvalue weighted by molar-refractivity contribution is 0.228. The molecule has 2 N–H and O–H groups in total. The molecule has 0 spiro atoms. The predicted molar refractivity (Wildman–Crippen MR) is 171 cm³/mol. The molecule has 2 unspecified atom stereocenters. The van der Waals surface area contributed by atoms with Crippen LogP contribution in [0.4, 0.5) is 5.69 Å². The number of benzene rings is 4. The zero-order valence-electron chi connectivity index (χ0n) is 26.0. The van der Waals surface area contributed by atoms with Crippen LogP contribution in [-0.4, -0.2) is 57.1 Å². The van der Waals surface area contributed by atoms with Crippen molar-refractivity contribution in [3.05, 3.63) is 94.5 Å². The third-order valence-electron chi connectivity index (χ3n) is 9.13. The molecule has 2 aliphatic heterocycles. The third kappa shape index (κ3) is 5.57. The highest BCUT2D eigenvalue weighted by Crippen LogP contribution is 2.44. The van der Waals surface area contributed by atoms with Gasteiger partial charge in [-0.15, -0.1) is 0 Å². The van der Waals surface area contributed by atoms with Crippen molar-refractivity contribution in [2.24, 2.45) is 0 Å². The van der Waals surface area contributed by atoms with Crippen molar-refractivity contribution in [1.29, 1.82) is 0 Å². The zero-order chi connectivity index (χ0) is 31.0. The minimum absolute atomic E-state index is 0.0749. The SMILES string of the molecule is COc1cc2c(cc1O)C(Cc1ccc(O)c(Oc3ccc(C4CCc5cc(OC)c(OC)cc5N4C)cc3)c1)N(C)CC2. The zero-order valence-corrected chi connectivity index (χ0v) is 26.0. The van der Waals surface area contributed by atoms with Crippen LogP contribution in [0.3, 0.4) is 0 Å². The van der Waals surface area contributed by atoms with Crippen LogP contribution >= 0.6 is 0 Å². The summed E-state index contributed by atoms with van der Waals surface area (Å²) in [7, 11) is 9.11. The van der Waals surface area contributed by atoms with Crippen molar-refractivity contribution in [2.75, 3.05) is 46.9 Å². The number of anilines is 1. The number of ether oxygens (including phenoxy) is 4. The highest BCUT2D eigenvalue weighted by atomic mass is 16.5. The molecular weight excluding hydrogens is 556 g/mol. The van der Waals surface area contributed by atoms with Crippen LogP contribution in [0.2, 0.25) is 0 Å². The van der Waals surface area contributed by atoms with E-state index in [4.69, 9.17) is 18.9 Å². The largest absolute Gasteiger partial charge is 0.504 e. The van der Waals surface area contributed by atoms with E-state index in [0.29, 0.717) is 23.7 Å². The molecule has 230 valence electrons. The van der Waals surface area contributed by atoms with Gasteiger partial charge in [-0.2, -0.15) is 0 Å². The number of likely N-dealkylation sites (N-methyl/N-ethyl adjacent to an activating group) is 1. The Bertz CT molecular complexity index is 1650. The molecule has 0 saturated heterocycles. The second-order valence-electron chi connectivity index (χ2n) is 11.6. The molecule has 0 amide bonds. The fourth-order valence-electron chi connectivity index (χ4n) is 6.63. The molecule has 2 aliphatic rings. The molecule has 0 radical (unpaired) electrons. The van der Waals surface area contributed by atoms with Crippen LogP contribution in [0.1, 0.15) is 46.3 Å². The highest BCUT2D eigenvalue weighted by Gasteiger charge is 2.28. The molecule has 0 aromatic heterocycles. The first-order valence-corrected chi connectivity index (χ1v) is 15.0. The van der Waals surface area contributed by atoms with Gasteiger partial charge in [0.25, 0.3) is 0 Å². The highest BCUT2D eigenvalue weighted by molar-refractivity contribution is 5.64.